The van der Waals surface area contributed by atoms with Crippen LogP contribution in [0.1, 0.15) is 16.1 Å². The van der Waals surface area contributed by atoms with E-state index in [-0.39, 0.29) is 5.76 Å². The molecule has 1 heterocycles. The van der Waals surface area contributed by atoms with Crippen molar-refractivity contribution < 1.29 is 36.7 Å². The second kappa shape index (κ2) is 8.68. The van der Waals surface area contributed by atoms with E-state index < -0.39 is 54.1 Å². The largest absolute Gasteiger partial charge is 0.450 e. The molecule has 2 amide bonds. The summed E-state index contributed by atoms with van der Waals surface area (Å²) in [5.41, 5.74) is 0.469. The minimum atomic E-state index is -1.73. The molecular formula is C20H15F3N2O5. The van der Waals surface area contributed by atoms with Gasteiger partial charge >= 0.3 is 5.97 Å². The van der Waals surface area contributed by atoms with Crippen LogP contribution in [0.5, 0.6) is 0 Å². The highest BCUT2D eigenvalue weighted by atomic mass is 19.2. The van der Waals surface area contributed by atoms with Crippen molar-refractivity contribution >= 4 is 34.4 Å². The number of para-hydroxylation sites is 1. The number of rotatable bonds is 6. The van der Waals surface area contributed by atoms with Crippen molar-refractivity contribution in [1.29, 1.82) is 0 Å². The number of carbonyl (C=O) groups is 3. The molecule has 0 radical (unpaired) electrons. The third kappa shape index (κ3) is 4.43. The van der Waals surface area contributed by atoms with Gasteiger partial charge in [-0.1, -0.05) is 18.2 Å². The van der Waals surface area contributed by atoms with Crippen LogP contribution in [-0.4, -0.2) is 30.9 Å². The predicted molar refractivity (Wildman–Crippen MR) is 99.2 cm³/mol. The van der Waals surface area contributed by atoms with E-state index in [0.29, 0.717) is 17.2 Å². The summed E-state index contributed by atoms with van der Waals surface area (Å²) in [4.78, 5) is 35.6. The lowest BCUT2D eigenvalue weighted by Gasteiger charge is -2.08. The van der Waals surface area contributed by atoms with Crippen LogP contribution in [0, 0.1) is 24.4 Å². The van der Waals surface area contributed by atoms with E-state index in [1.165, 1.54) is 0 Å². The molecule has 2 N–H and O–H groups in total. The Hall–Kier alpha value is -3.82. The lowest BCUT2D eigenvalue weighted by atomic mass is 10.1. The van der Waals surface area contributed by atoms with Crippen molar-refractivity contribution in [3.05, 3.63) is 65.2 Å². The van der Waals surface area contributed by atoms with E-state index in [9.17, 15) is 27.6 Å². The van der Waals surface area contributed by atoms with Crippen LogP contribution in [0.3, 0.4) is 0 Å². The first-order valence-corrected chi connectivity index (χ1v) is 8.63. The van der Waals surface area contributed by atoms with Crippen LogP contribution in [0.15, 0.2) is 40.8 Å². The van der Waals surface area contributed by atoms with Crippen LogP contribution in [0.4, 0.5) is 18.9 Å². The molecule has 0 spiro atoms. The summed E-state index contributed by atoms with van der Waals surface area (Å²) in [7, 11) is 0. The fraction of sp³-hybridized carbons (Fsp3) is 0.150. The summed E-state index contributed by atoms with van der Waals surface area (Å²) in [6.45, 7) is 0.366. The second-order valence-electron chi connectivity index (χ2n) is 6.18. The summed E-state index contributed by atoms with van der Waals surface area (Å²) < 4.78 is 49.8. The Morgan fingerprint density at radius 1 is 1.00 bits per heavy atom. The maximum Gasteiger partial charge on any atom is 0.375 e. The first-order chi connectivity index (χ1) is 14.3. The monoisotopic (exact) mass is 420 g/mol. The number of aryl methyl sites for hydroxylation is 1. The van der Waals surface area contributed by atoms with Gasteiger partial charge in [-0.3, -0.25) is 9.59 Å². The molecule has 0 atom stereocenters. The minimum Gasteiger partial charge on any atom is -0.450 e. The molecular weight excluding hydrogens is 405 g/mol. The first kappa shape index (κ1) is 20.9. The van der Waals surface area contributed by atoms with Crippen LogP contribution in [0.25, 0.3) is 11.0 Å². The third-order valence-electron chi connectivity index (χ3n) is 4.12. The average molecular weight is 420 g/mol. The molecule has 156 valence electrons. The number of hydrogen-bond donors (Lipinski definition) is 2. The summed E-state index contributed by atoms with van der Waals surface area (Å²) in [5, 5.41) is 4.87. The van der Waals surface area contributed by atoms with Crippen molar-refractivity contribution in [2.24, 2.45) is 0 Å². The van der Waals surface area contributed by atoms with Gasteiger partial charge in [-0.25, -0.2) is 18.0 Å². The Labute approximate surface area is 167 Å². The molecule has 1 aromatic heterocycles. The molecule has 0 unspecified atom stereocenters. The number of anilines is 1. The Balaban J connectivity index is 1.50. The van der Waals surface area contributed by atoms with E-state index in [1.807, 2.05) is 5.32 Å². The topological polar surface area (TPSA) is 97.6 Å². The average Bonchev–Trinajstić information content (AvgIpc) is 3.08. The molecule has 3 rings (SSSR count). The van der Waals surface area contributed by atoms with Gasteiger partial charge in [0.05, 0.1) is 12.2 Å². The summed E-state index contributed by atoms with van der Waals surface area (Å²) in [6.07, 6.45) is 0. The number of hydrogen-bond acceptors (Lipinski definition) is 5. The van der Waals surface area contributed by atoms with E-state index in [0.717, 1.165) is 11.5 Å². The highest BCUT2D eigenvalue weighted by molar-refractivity contribution is 5.97. The molecule has 0 saturated carbocycles. The van der Waals surface area contributed by atoms with Gasteiger partial charge in [-0.2, -0.15) is 0 Å². The van der Waals surface area contributed by atoms with E-state index in [4.69, 9.17) is 9.15 Å². The number of fused-ring (bicyclic) bond motifs is 1. The van der Waals surface area contributed by atoms with Crippen LogP contribution < -0.4 is 10.6 Å². The molecule has 30 heavy (non-hydrogen) atoms. The van der Waals surface area contributed by atoms with Gasteiger partial charge in [0.15, 0.2) is 24.1 Å². The Morgan fingerprint density at radius 3 is 2.47 bits per heavy atom. The summed E-state index contributed by atoms with van der Waals surface area (Å²) in [6, 6.07) is 8.46. The zero-order valence-corrected chi connectivity index (χ0v) is 15.6. The molecule has 0 aliphatic carbocycles. The molecule has 0 aliphatic heterocycles. The zero-order valence-electron chi connectivity index (χ0n) is 15.6. The summed E-state index contributed by atoms with van der Waals surface area (Å²) in [5.74, 6) is -7.30. The lowest BCUT2D eigenvalue weighted by molar-refractivity contribution is -0.126. The molecule has 7 nitrogen and oxygen atoms in total. The number of furan rings is 1. The highest BCUT2D eigenvalue weighted by Gasteiger charge is 2.20. The number of nitrogens with one attached hydrogen (secondary N) is 2. The number of ether oxygens (including phenoxy) is 1. The standard InChI is InChI=1S/C20H15F3N2O5/c1-10-11-4-2-3-5-14(11)30-19(10)20(28)29-9-16(27)24-8-15(26)25-13-7-6-12(21)17(22)18(13)23/h2-7H,8-9H2,1H3,(H,24,27)(H,25,26). The van der Waals surface area contributed by atoms with Crippen molar-refractivity contribution in [1.82, 2.24) is 5.32 Å². The van der Waals surface area contributed by atoms with Gasteiger partial charge in [0, 0.05) is 10.9 Å². The van der Waals surface area contributed by atoms with E-state index >= 15 is 0 Å². The second-order valence-corrected chi connectivity index (χ2v) is 6.18. The quantitative estimate of drug-likeness (QED) is 0.472. The number of carbonyl (C=O) groups excluding carboxylic acids is 3. The van der Waals surface area contributed by atoms with Gasteiger partial charge in [0.1, 0.15) is 5.58 Å². The maximum absolute atomic E-state index is 13.5. The van der Waals surface area contributed by atoms with Crippen molar-refractivity contribution in [3.8, 4) is 0 Å². The van der Waals surface area contributed by atoms with Gasteiger partial charge in [-0.15, -0.1) is 0 Å². The van der Waals surface area contributed by atoms with Crippen LogP contribution in [-0.2, 0) is 14.3 Å². The third-order valence-corrected chi connectivity index (χ3v) is 4.12. The van der Waals surface area contributed by atoms with Gasteiger partial charge < -0.3 is 19.8 Å². The molecule has 0 saturated heterocycles. The zero-order chi connectivity index (χ0) is 21.8. The van der Waals surface area contributed by atoms with Gasteiger partial charge in [0.25, 0.3) is 5.91 Å². The smallest absolute Gasteiger partial charge is 0.375 e. The van der Waals surface area contributed by atoms with Crippen molar-refractivity contribution in [2.45, 2.75) is 6.92 Å². The SMILES string of the molecule is Cc1c(C(=O)OCC(=O)NCC(=O)Nc2ccc(F)c(F)c2F)oc2ccccc12. The van der Waals surface area contributed by atoms with Crippen LogP contribution >= 0.6 is 0 Å². The predicted octanol–water partition coefficient (Wildman–Crippen LogP) is 3.07. The van der Waals surface area contributed by atoms with Crippen molar-refractivity contribution in [3.63, 3.8) is 0 Å². The van der Waals surface area contributed by atoms with Gasteiger partial charge in [0.2, 0.25) is 11.7 Å². The molecule has 3 aromatic rings. The molecule has 0 bridgehead atoms. The molecule has 0 aliphatic rings. The Kier molecular flexibility index (Phi) is 6.05. The maximum atomic E-state index is 13.5. The minimum absolute atomic E-state index is 0.0458. The number of halogens is 3. The highest BCUT2D eigenvalue weighted by Crippen LogP contribution is 2.25. The lowest BCUT2D eigenvalue weighted by Crippen LogP contribution is -2.35. The number of amides is 2. The number of benzene rings is 2. The van der Waals surface area contributed by atoms with E-state index in [2.05, 4.69) is 5.32 Å². The van der Waals surface area contributed by atoms with Crippen LogP contribution in [0.2, 0.25) is 0 Å². The Morgan fingerprint density at radius 2 is 1.73 bits per heavy atom. The summed E-state index contributed by atoms with van der Waals surface area (Å²) >= 11 is 0. The first-order valence-electron chi connectivity index (χ1n) is 8.63. The fourth-order valence-electron chi connectivity index (χ4n) is 2.61. The number of esters is 1. The molecule has 2 aromatic carbocycles. The fourth-order valence-corrected chi connectivity index (χ4v) is 2.61. The van der Waals surface area contributed by atoms with Gasteiger partial charge in [-0.05, 0) is 25.1 Å². The molecule has 10 heteroatoms. The van der Waals surface area contributed by atoms with E-state index in [1.54, 1.807) is 31.2 Å². The Bertz CT molecular complexity index is 1140. The molecule has 0 fully saturated rings. The van der Waals surface area contributed by atoms with Crippen molar-refractivity contribution in [2.75, 3.05) is 18.5 Å². The normalized spacial score (nSPS) is 10.7.